The van der Waals surface area contributed by atoms with Gasteiger partial charge in [-0.1, -0.05) is 78.1 Å². The summed E-state index contributed by atoms with van der Waals surface area (Å²) in [6, 6.07) is 8.08. The lowest BCUT2D eigenvalue weighted by Gasteiger charge is -2.17. The average Bonchev–Trinajstić information content (AvgIpc) is 2.83. The molecule has 3 aromatic rings. The third-order valence-electron chi connectivity index (χ3n) is 6.02. The minimum atomic E-state index is 0.704. The van der Waals surface area contributed by atoms with Crippen LogP contribution in [0.3, 0.4) is 0 Å². The van der Waals surface area contributed by atoms with Crippen LogP contribution in [0.15, 0.2) is 36.7 Å². The van der Waals surface area contributed by atoms with Crippen molar-refractivity contribution in [1.82, 2.24) is 9.97 Å². The molecule has 32 heavy (non-hydrogen) atoms. The molecule has 0 aliphatic carbocycles. The number of aromatic nitrogens is 2. The zero-order valence-electron chi connectivity index (χ0n) is 20.1. The van der Waals surface area contributed by atoms with Crippen molar-refractivity contribution in [3.05, 3.63) is 36.7 Å². The fourth-order valence-corrected chi connectivity index (χ4v) is 4.20. The van der Waals surface area contributed by atoms with Crippen LogP contribution in [0.4, 0.5) is 0 Å². The first-order valence-corrected chi connectivity index (χ1v) is 12.8. The molecule has 0 saturated heterocycles. The van der Waals surface area contributed by atoms with Gasteiger partial charge in [0.05, 0.1) is 13.2 Å². The molecule has 4 heteroatoms. The van der Waals surface area contributed by atoms with Crippen LogP contribution >= 0.6 is 0 Å². The van der Waals surface area contributed by atoms with Crippen molar-refractivity contribution >= 4 is 21.8 Å². The highest BCUT2D eigenvalue weighted by Gasteiger charge is 2.18. The van der Waals surface area contributed by atoms with E-state index in [1.165, 1.54) is 64.2 Å². The first-order chi connectivity index (χ1) is 15.9. The minimum Gasteiger partial charge on any atom is -0.489 e. The lowest BCUT2D eigenvalue weighted by Crippen LogP contribution is -2.05. The van der Waals surface area contributed by atoms with Crippen molar-refractivity contribution in [2.24, 2.45) is 0 Å². The minimum absolute atomic E-state index is 0.704. The summed E-state index contributed by atoms with van der Waals surface area (Å²) in [5.41, 5.74) is 1.76. The van der Waals surface area contributed by atoms with Gasteiger partial charge in [-0.05, 0) is 37.1 Å². The Morgan fingerprint density at radius 1 is 0.562 bits per heavy atom. The number of rotatable bonds is 16. The van der Waals surface area contributed by atoms with E-state index in [1.807, 2.05) is 24.5 Å². The summed E-state index contributed by atoms with van der Waals surface area (Å²) in [7, 11) is 0. The molecule has 0 amide bonds. The number of nitrogens with zero attached hydrogens (tertiary/aromatic N) is 2. The molecule has 3 rings (SSSR count). The molecule has 0 aliphatic rings. The first kappa shape index (κ1) is 24.3. The van der Waals surface area contributed by atoms with Crippen LogP contribution in [0.5, 0.6) is 11.5 Å². The third-order valence-corrected chi connectivity index (χ3v) is 6.02. The van der Waals surface area contributed by atoms with E-state index in [2.05, 4.69) is 35.9 Å². The zero-order valence-corrected chi connectivity index (χ0v) is 20.1. The van der Waals surface area contributed by atoms with Gasteiger partial charge in [0.15, 0.2) is 11.5 Å². The van der Waals surface area contributed by atoms with Gasteiger partial charge >= 0.3 is 0 Å². The van der Waals surface area contributed by atoms with Crippen molar-refractivity contribution < 1.29 is 9.47 Å². The lowest BCUT2D eigenvalue weighted by molar-refractivity contribution is 0.263. The van der Waals surface area contributed by atoms with Crippen molar-refractivity contribution in [3.63, 3.8) is 0 Å². The van der Waals surface area contributed by atoms with E-state index < -0.39 is 0 Å². The zero-order chi connectivity index (χ0) is 22.4. The maximum absolute atomic E-state index is 6.38. The third kappa shape index (κ3) is 6.82. The van der Waals surface area contributed by atoms with Crippen LogP contribution in [-0.4, -0.2) is 23.2 Å². The molecule has 0 N–H and O–H groups in total. The van der Waals surface area contributed by atoms with Crippen LogP contribution in [-0.2, 0) is 0 Å². The highest BCUT2D eigenvalue weighted by Crippen LogP contribution is 2.42. The van der Waals surface area contributed by atoms with Gasteiger partial charge in [-0.15, -0.1) is 0 Å². The van der Waals surface area contributed by atoms with E-state index in [0.717, 1.165) is 46.1 Å². The molecule has 0 radical (unpaired) electrons. The molecule has 0 saturated carbocycles. The number of pyridine rings is 2. The van der Waals surface area contributed by atoms with E-state index in [9.17, 15) is 0 Å². The Bertz CT molecular complexity index is 865. The Morgan fingerprint density at radius 2 is 0.969 bits per heavy atom. The maximum Gasteiger partial charge on any atom is 0.171 e. The predicted octanol–water partition coefficient (Wildman–Crippen LogP) is 8.26. The summed E-state index contributed by atoms with van der Waals surface area (Å²) in [6.45, 7) is 5.91. The summed E-state index contributed by atoms with van der Waals surface area (Å²) < 4.78 is 12.8. The molecule has 4 nitrogen and oxygen atoms in total. The predicted molar refractivity (Wildman–Crippen MR) is 135 cm³/mol. The normalized spacial score (nSPS) is 11.3. The van der Waals surface area contributed by atoms with Gasteiger partial charge in [0.1, 0.15) is 11.0 Å². The second-order valence-corrected chi connectivity index (χ2v) is 8.69. The van der Waals surface area contributed by atoms with Crippen LogP contribution in [0.2, 0.25) is 0 Å². The standard InChI is InChI=1S/C28H40N2O2/c1-3-5-7-9-11-13-21-31-27-23-17-15-19-29-25(23)26-24(18-16-20-30-26)28(27)32-22-14-12-10-8-6-4-2/h15-20H,3-14,21-22H2,1-2H3. The van der Waals surface area contributed by atoms with E-state index in [4.69, 9.17) is 9.47 Å². The largest absolute Gasteiger partial charge is 0.489 e. The Morgan fingerprint density at radius 3 is 1.41 bits per heavy atom. The molecule has 0 spiro atoms. The molecule has 2 aromatic heterocycles. The van der Waals surface area contributed by atoms with Crippen molar-refractivity contribution in [1.29, 1.82) is 0 Å². The van der Waals surface area contributed by atoms with Gasteiger partial charge in [-0.2, -0.15) is 0 Å². The molecule has 0 unspecified atom stereocenters. The van der Waals surface area contributed by atoms with Crippen molar-refractivity contribution in [2.45, 2.75) is 90.9 Å². The molecular weight excluding hydrogens is 396 g/mol. The smallest absolute Gasteiger partial charge is 0.171 e. The number of ether oxygens (including phenoxy) is 2. The summed E-state index contributed by atoms with van der Waals surface area (Å²) in [5.74, 6) is 1.65. The number of hydrogen-bond donors (Lipinski definition) is 0. The Labute approximate surface area is 193 Å². The summed E-state index contributed by atoms with van der Waals surface area (Å²) in [6.07, 6.45) is 18.6. The van der Waals surface area contributed by atoms with E-state index in [0.29, 0.717) is 13.2 Å². The fourth-order valence-electron chi connectivity index (χ4n) is 4.20. The molecule has 0 fully saturated rings. The van der Waals surface area contributed by atoms with Crippen molar-refractivity contribution in [2.75, 3.05) is 13.2 Å². The Kier molecular flexibility index (Phi) is 10.6. The quantitative estimate of drug-likeness (QED) is 0.167. The van der Waals surface area contributed by atoms with Gasteiger partial charge in [0.2, 0.25) is 0 Å². The SMILES string of the molecule is CCCCCCCCOc1c(OCCCCCCCC)c2cccnc2c2ncccc12. The molecule has 1 aromatic carbocycles. The molecular formula is C28H40N2O2. The number of unbranched alkanes of at least 4 members (excludes halogenated alkanes) is 10. The molecule has 0 bridgehead atoms. The van der Waals surface area contributed by atoms with Gasteiger partial charge in [-0.3, -0.25) is 9.97 Å². The molecule has 174 valence electrons. The van der Waals surface area contributed by atoms with Gasteiger partial charge in [-0.25, -0.2) is 0 Å². The van der Waals surface area contributed by atoms with E-state index >= 15 is 0 Å². The van der Waals surface area contributed by atoms with Gasteiger partial charge in [0, 0.05) is 23.2 Å². The van der Waals surface area contributed by atoms with Crippen molar-refractivity contribution in [3.8, 4) is 11.5 Å². The Hall–Kier alpha value is -2.36. The highest BCUT2D eigenvalue weighted by molar-refractivity contribution is 6.09. The highest BCUT2D eigenvalue weighted by atomic mass is 16.5. The number of benzene rings is 1. The summed E-state index contributed by atoms with van der Waals surface area (Å²) in [5, 5.41) is 1.98. The van der Waals surface area contributed by atoms with Crippen LogP contribution in [0.25, 0.3) is 21.8 Å². The summed E-state index contributed by atoms with van der Waals surface area (Å²) in [4.78, 5) is 9.26. The average molecular weight is 437 g/mol. The molecule has 0 aliphatic heterocycles. The van der Waals surface area contributed by atoms with E-state index in [1.54, 1.807) is 0 Å². The summed E-state index contributed by atoms with van der Waals surface area (Å²) >= 11 is 0. The van der Waals surface area contributed by atoms with Crippen LogP contribution < -0.4 is 9.47 Å². The van der Waals surface area contributed by atoms with Gasteiger partial charge in [0.25, 0.3) is 0 Å². The Balaban J connectivity index is 1.75. The monoisotopic (exact) mass is 436 g/mol. The second kappa shape index (κ2) is 13.9. The lowest BCUT2D eigenvalue weighted by atomic mass is 10.1. The van der Waals surface area contributed by atoms with Crippen LogP contribution in [0, 0.1) is 0 Å². The number of hydrogen-bond acceptors (Lipinski definition) is 4. The van der Waals surface area contributed by atoms with E-state index in [-0.39, 0.29) is 0 Å². The molecule has 0 atom stereocenters. The fraction of sp³-hybridized carbons (Fsp3) is 0.571. The van der Waals surface area contributed by atoms with Gasteiger partial charge < -0.3 is 9.47 Å². The number of fused-ring (bicyclic) bond motifs is 3. The first-order valence-electron chi connectivity index (χ1n) is 12.8. The maximum atomic E-state index is 6.38. The van der Waals surface area contributed by atoms with Crippen LogP contribution in [0.1, 0.15) is 90.9 Å². The molecule has 2 heterocycles. The second-order valence-electron chi connectivity index (χ2n) is 8.69. The topological polar surface area (TPSA) is 44.2 Å².